The second-order valence-electron chi connectivity index (χ2n) is 8.70. The van der Waals surface area contributed by atoms with Crippen LogP contribution in [-0.2, 0) is 28.4 Å². The first-order valence-electron chi connectivity index (χ1n) is 9.68. The third kappa shape index (κ3) is 4.97. The van der Waals surface area contributed by atoms with Gasteiger partial charge in [-0.25, -0.2) is 14.4 Å². The average molecular weight is 420 g/mol. The summed E-state index contributed by atoms with van der Waals surface area (Å²) in [7, 11) is 0. The lowest BCUT2D eigenvalue weighted by Crippen LogP contribution is -2.23. The molecule has 3 saturated heterocycles. The zero-order chi connectivity index (χ0) is 21.6. The van der Waals surface area contributed by atoms with Gasteiger partial charge >= 0.3 is 17.9 Å². The van der Waals surface area contributed by atoms with E-state index < -0.39 is 34.7 Å². The number of rotatable bonds is 9. The lowest BCUT2D eigenvalue weighted by Gasteiger charge is -2.13. The molecule has 0 radical (unpaired) electrons. The molecule has 162 valence electrons. The molecule has 0 saturated carbocycles. The highest BCUT2D eigenvalue weighted by Gasteiger charge is 2.43. The van der Waals surface area contributed by atoms with Crippen LogP contribution in [0, 0.1) is 0 Å². The van der Waals surface area contributed by atoms with Crippen LogP contribution in [0.25, 0.3) is 0 Å². The van der Waals surface area contributed by atoms with E-state index in [0.29, 0.717) is 19.8 Å². The van der Waals surface area contributed by atoms with Gasteiger partial charge in [0.05, 0.1) is 36.5 Å². The van der Waals surface area contributed by atoms with E-state index in [1.54, 1.807) is 6.92 Å². The van der Waals surface area contributed by atoms with E-state index in [-0.39, 0.29) is 36.5 Å². The second-order valence-corrected chi connectivity index (χ2v) is 8.70. The van der Waals surface area contributed by atoms with E-state index in [0.717, 1.165) is 0 Å². The number of carbonyl (C=O) groups excluding carboxylic acids is 3. The largest absolute Gasteiger partial charge is 0.459 e. The zero-order valence-electron chi connectivity index (χ0n) is 17.1. The summed E-state index contributed by atoms with van der Waals surface area (Å²) in [6.07, 6.45) is 0. The van der Waals surface area contributed by atoms with Gasteiger partial charge in [0.1, 0.15) is 36.6 Å². The maximum atomic E-state index is 12.7. The van der Waals surface area contributed by atoms with Gasteiger partial charge in [0.2, 0.25) is 0 Å². The molecular formula is C21H24O9. The third-order valence-electron chi connectivity index (χ3n) is 5.13. The maximum absolute atomic E-state index is 12.7. The summed E-state index contributed by atoms with van der Waals surface area (Å²) >= 11 is 0. The van der Waals surface area contributed by atoms with Crippen molar-refractivity contribution in [3.8, 4) is 0 Å². The minimum Gasteiger partial charge on any atom is -0.459 e. The molecular weight excluding hydrogens is 396 g/mol. The molecule has 9 nitrogen and oxygen atoms in total. The minimum atomic E-state index is -0.750. The SMILES string of the molecule is CC1(COC(=O)c2ccc(C(=O)OCC3(C)CO3)c(C(=O)OCC3(C)CO3)c2)CO1. The fourth-order valence-electron chi connectivity index (χ4n) is 2.53. The summed E-state index contributed by atoms with van der Waals surface area (Å²) in [6.45, 7) is 7.16. The number of hydrogen-bond donors (Lipinski definition) is 0. The normalized spacial score (nSPS) is 30.9. The Morgan fingerprint density at radius 1 is 0.733 bits per heavy atom. The first kappa shape index (κ1) is 20.8. The summed E-state index contributed by atoms with van der Waals surface area (Å²) in [4.78, 5) is 37.6. The number of esters is 3. The number of carbonyl (C=O) groups is 3. The summed E-state index contributed by atoms with van der Waals surface area (Å²) in [5.41, 5.74) is -1.41. The Morgan fingerprint density at radius 3 is 1.57 bits per heavy atom. The van der Waals surface area contributed by atoms with E-state index in [1.165, 1.54) is 18.2 Å². The average Bonchev–Trinajstić information content (AvgIpc) is 3.66. The fraction of sp³-hybridized carbons (Fsp3) is 0.571. The van der Waals surface area contributed by atoms with E-state index in [9.17, 15) is 14.4 Å². The monoisotopic (exact) mass is 420 g/mol. The Kier molecular flexibility index (Phi) is 5.08. The second kappa shape index (κ2) is 7.33. The van der Waals surface area contributed by atoms with Crippen molar-refractivity contribution in [3.63, 3.8) is 0 Å². The van der Waals surface area contributed by atoms with Crippen LogP contribution in [0.5, 0.6) is 0 Å². The van der Waals surface area contributed by atoms with Gasteiger partial charge in [-0.05, 0) is 39.0 Å². The van der Waals surface area contributed by atoms with Gasteiger partial charge in [0.15, 0.2) is 0 Å². The van der Waals surface area contributed by atoms with Crippen molar-refractivity contribution < 1.29 is 42.8 Å². The van der Waals surface area contributed by atoms with Crippen LogP contribution in [0.15, 0.2) is 18.2 Å². The van der Waals surface area contributed by atoms with Crippen LogP contribution in [0.4, 0.5) is 0 Å². The highest BCUT2D eigenvalue weighted by atomic mass is 16.6. The van der Waals surface area contributed by atoms with E-state index in [1.807, 2.05) is 13.8 Å². The molecule has 4 rings (SSSR count). The molecule has 0 N–H and O–H groups in total. The Hall–Kier alpha value is -2.49. The van der Waals surface area contributed by atoms with Crippen molar-refractivity contribution in [2.45, 2.75) is 37.6 Å². The molecule has 0 amide bonds. The topological polar surface area (TPSA) is 116 Å². The highest BCUT2D eigenvalue weighted by Crippen LogP contribution is 2.29. The Bertz CT molecular complexity index is 878. The number of benzene rings is 1. The predicted molar refractivity (Wildman–Crippen MR) is 100 cm³/mol. The maximum Gasteiger partial charge on any atom is 0.339 e. The van der Waals surface area contributed by atoms with Crippen LogP contribution in [0.2, 0.25) is 0 Å². The predicted octanol–water partition coefficient (Wildman–Crippen LogP) is 1.52. The van der Waals surface area contributed by atoms with E-state index in [4.69, 9.17) is 28.4 Å². The van der Waals surface area contributed by atoms with Crippen molar-refractivity contribution in [2.24, 2.45) is 0 Å². The summed E-state index contributed by atoms with van der Waals surface area (Å²) in [5, 5.41) is 0. The molecule has 1 aromatic rings. The number of ether oxygens (including phenoxy) is 6. The fourth-order valence-corrected chi connectivity index (χ4v) is 2.53. The molecule has 3 aliphatic heterocycles. The standard InChI is InChI=1S/C21H24O9/c1-19(10-28-19)7-25-16(22)13-4-5-14(17(23)26-8-20(2)11-29-20)15(6-13)18(24)27-9-21(3)12-30-21/h4-6H,7-12H2,1-3H3. The smallest absolute Gasteiger partial charge is 0.339 e. The first-order chi connectivity index (χ1) is 14.1. The van der Waals surface area contributed by atoms with Crippen molar-refractivity contribution >= 4 is 17.9 Å². The third-order valence-corrected chi connectivity index (χ3v) is 5.13. The first-order valence-corrected chi connectivity index (χ1v) is 9.68. The van der Waals surface area contributed by atoms with Gasteiger partial charge < -0.3 is 28.4 Å². The quantitative estimate of drug-likeness (QED) is 0.333. The van der Waals surface area contributed by atoms with Crippen molar-refractivity contribution in [1.82, 2.24) is 0 Å². The molecule has 3 heterocycles. The van der Waals surface area contributed by atoms with Crippen LogP contribution in [0.1, 0.15) is 51.8 Å². The molecule has 9 heteroatoms. The Labute approximate surface area is 173 Å². The molecule has 3 aliphatic rings. The van der Waals surface area contributed by atoms with Crippen LogP contribution < -0.4 is 0 Å². The highest BCUT2D eigenvalue weighted by molar-refractivity contribution is 6.05. The van der Waals surface area contributed by atoms with Gasteiger partial charge in [0.25, 0.3) is 0 Å². The van der Waals surface area contributed by atoms with Crippen molar-refractivity contribution in [2.75, 3.05) is 39.6 Å². The summed E-state index contributed by atoms with van der Waals surface area (Å²) in [5.74, 6) is -2.08. The molecule has 3 fully saturated rings. The van der Waals surface area contributed by atoms with Gasteiger partial charge in [-0.3, -0.25) is 0 Å². The summed E-state index contributed by atoms with van der Waals surface area (Å²) < 4.78 is 31.4. The molecule has 3 atom stereocenters. The van der Waals surface area contributed by atoms with Crippen molar-refractivity contribution in [3.05, 3.63) is 34.9 Å². The van der Waals surface area contributed by atoms with Crippen LogP contribution >= 0.6 is 0 Å². The summed E-state index contributed by atoms with van der Waals surface area (Å²) in [6, 6.07) is 4.05. The van der Waals surface area contributed by atoms with E-state index >= 15 is 0 Å². The van der Waals surface area contributed by atoms with Gasteiger partial charge in [-0.2, -0.15) is 0 Å². The lowest BCUT2D eigenvalue weighted by atomic mass is 10.0. The van der Waals surface area contributed by atoms with Crippen molar-refractivity contribution in [1.29, 1.82) is 0 Å². The van der Waals surface area contributed by atoms with Gasteiger partial charge in [0, 0.05) is 0 Å². The molecule has 30 heavy (non-hydrogen) atoms. The van der Waals surface area contributed by atoms with E-state index in [2.05, 4.69) is 0 Å². The van der Waals surface area contributed by atoms with Gasteiger partial charge in [-0.1, -0.05) is 0 Å². The zero-order valence-corrected chi connectivity index (χ0v) is 17.1. The minimum absolute atomic E-state index is 0.000145. The molecule has 0 aliphatic carbocycles. The number of epoxide rings is 3. The molecule has 0 aromatic heterocycles. The van der Waals surface area contributed by atoms with Crippen LogP contribution in [-0.4, -0.2) is 74.4 Å². The Morgan fingerprint density at radius 2 is 1.13 bits per heavy atom. The molecule has 3 unspecified atom stereocenters. The number of hydrogen-bond acceptors (Lipinski definition) is 9. The van der Waals surface area contributed by atoms with Gasteiger partial charge in [-0.15, -0.1) is 0 Å². The molecule has 0 spiro atoms. The Balaban J connectivity index is 1.50. The lowest BCUT2D eigenvalue weighted by molar-refractivity contribution is 0.0364. The molecule has 1 aromatic carbocycles. The molecule has 0 bridgehead atoms. The van der Waals surface area contributed by atoms with Crippen LogP contribution in [0.3, 0.4) is 0 Å².